The van der Waals surface area contributed by atoms with Crippen molar-refractivity contribution in [2.75, 3.05) is 0 Å². The van der Waals surface area contributed by atoms with Gasteiger partial charge in [0, 0.05) is 29.8 Å². The third kappa shape index (κ3) is 3.86. The summed E-state index contributed by atoms with van der Waals surface area (Å²) in [6.45, 7) is 5.89. The summed E-state index contributed by atoms with van der Waals surface area (Å²) >= 11 is 0. The zero-order valence-corrected chi connectivity index (χ0v) is 22.0. The van der Waals surface area contributed by atoms with Crippen molar-refractivity contribution in [1.29, 1.82) is 5.26 Å². The molecule has 184 valence electrons. The number of rotatable bonds is 4. The Morgan fingerprint density at radius 3 is 2.21 bits per heavy atom. The maximum absolute atomic E-state index is 10.1. The average Bonchev–Trinajstić information content (AvgIpc) is 3.31. The van der Waals surface area contributed by atoms with E-state index in [0.717, 1.165) is 61.0 Å². The summed E-state index contributed by atoms with van der Waals surface area (Å²) in [6, 6.07) is 33.2. The first-order valence-corrected chi connectivity index (χ1v) is 12.8. The lowest BCUT2D eigenvalue weighted by molar-refractivity contribution is -0.660. The second-order valence-electron chi connectivity index (χ2n) is 10.1. The zero-order chi connectivity index (χ0) is 27.3. The molecule has 0 aliphatic carbocycles. The Labute approximate surface area is 224 Å². The molecule has 6 rings (SSSR count). The molecule has 0 radical (unpaired) electrons. The predicted molar refractivity (Wildman–Crippen MR) is 155 cm³/mol. The Balaban J connectivity index is 1.65. The monoisotopic (exact) mass is 494 g/mol. The van der Waals surface area contributed by atoms with Gasteiger partial charge in [0.25, 0.3) is 0 Å². The summed E-state index contributed by atoms with van der Waals surface area (Å²) in [7, 11) is 2.02. The van der Waals surface area contributed by atoms with Crippen LogP contribution in [0.3, 0.4) is 0 Å². The topological polar surface area (TPSA) is 40.8 Å². The van der Waals surface area contributed by atoms with Crippen molar-refractivity contribution in [2.24, 2.45) is 7.05 Å². The van der Waals surface area contributed by atoms with Gasteiger partial charge in [0.05, 0.1) is 17.2 Å². The van der Waals surface area contributed by atoms with Crippen LogP contribution in [0.2, 0.25) is 0 Å². The van der Waals surface area contributed by atoms with Gasteiger partial charge in [-0.3, -0.25) is 0 Å². The first kappa shape index (κ1) is 22.5. The molecule has 2 heterocycles. The Morgan fingerprint density at radius 2 is 1.47 bits per heavy atom. The molecule has 38 heavy (non-hydrogen) atoms. The number of benzene rings is 4. The Hall–Kier alpha value is -4.68. The molecular formula is C35H29N2O+. The van der Waals surface area contributed by atoms with Gasteiger partial charge in [-0.15, -0.1) is 0 Å². The van der Waals surface area contributed by atoms with Crippen LogP contribution in [0.1, 0.15) is 37.8 Å². The highest BCUT2D eigenvalue weighted by atomic mass is 16.3. The molecule has 0 fully saturated rings. The van der Waals surface area contributed by atoms with Crippen molar-refractivity contribution >= 4 is 21.9 Å². The standard InChI is InChI=1S/C35H29N2O/c1-22(2)25-17-18-37(4)31(20-25)32-23(3)13-15-29-30-16-14-28(21-36)33(35(30)38-34(29)32)27-12-8-11-26(19-27)24-9-6-5-7-10-24/h5-20,22H,1-4H3/q+1/i22D. The van der Waals surface area contributed by atoms with Gasteiger partial charge in [-0.05, 0) is 58.8 Å². The SMILES string of the molecule is [2H]C(C)(C)c1cc[n+](C)c(-c2c(C)ccc3c2oc2c(-c4cccc(-c5ccccc5)c4)c(C#N)ccc23)c1. The van der Waals surface area contributed by atoms with E-state index in [2.05, 4.69) is 60.0 Å². The molecule has 3 nitrogen and oxygen atoms in total. The number of nitriles is 1. The van der Waals surface area contributed by atoms with E-state index in [0.29, 0.717) is 11.1 Å². The number of fused-ring (bicyclic) bond motifs is 3. The van der Waals surface area contributed by atoms with Gasteiger partial charge in [0.1, 0.15) is 18.2 Å². The molecule has 4 aromatic carbocycles. The second-order valence-corrected chi connectivity index (χ2v) is 10.1. The molecule has 0 unspecified atom stereocenters. The predicted octanol–water partition coefficient (Wildman–Crippen LogP) is 8.72. The van der Waals surface area contributed by atoms with Crippen LogP contribution in [-0.4, -0.2) is 0 Å². The number of furan rings is 1. The van der Waals surface area contributed by atoms with Crippen molar-refractivity contribution in [3.63, 3.8) is 0 Å². The van der Waals surface area contributed by atoms with Crippen LogP contribution in [0.4, 0.5) is 0 Å². The van der Waals surface area contributed by atoms with Gasteiger partial charge in [-0.2, -0.15) is 5.26 Å². The van der Waals surface area contributed by atoms with Crippen molar-refractivity contribution in [1.82, 2.24) is 0 Å². The fourth-order valence-electron chi connectivity index (χ4n) is 5.31. The zero-order valence-electron chi connectivity index (χ0n) is 23.0. The van der Waals surface area contributed by atoms with Gasteiger partial charge >= 0.3 is 0 Å². The smallest absolute Gasteiger partial charge is 0.216 e. The second kappa shape index (κ2) is 9.32. The number of hydrogen-bond donors (Lipinski definition) is 0. The van der Waals surface area contributed by atoms with E-state index in [1.54, 1.807) is 0 Å². The van der Waals surface area contributed by atoms with Crippen molar-refractivity contribution in [3.05, 3.63) is 114 Å². The first-order chi connectivity index (χ1) is 18.8. The number of aryl methyl sites for hydroxylation is 2. The lowest BCUT2D eigenvalue weighted by Gasteiger charge is -2.09. The summed E-state index contributed by atoms with van der Waals surface area (Å²) in [5.74, 6) is -0.725. The normalized spacial score (nSPS) is 12.0. The van der Waals surface area contributed by atoms with Crippen LogP contribution in [0.25, 0.3) is 55.4 Å². The fraction of sp³-hybridized carbons (Fsp3) is 0.143. The number of aromatic nitrogens is 1. The summed E-state index contributed by atoms with van der Waals surface area (Å²) in [5, 5.41) is 12.1. The Bertz CT molecular complexity index is 1920. The van der Waals surface area contributed by atoms with Crippen molar-refractivity contribution < 1.29 is 10.4 Å². The van der Waals surface area contributed by atoms with Crippen LogP contribution >= 0.6 is 0 Å². The van der Waals surface area contributed by atoms with Gasteiger partial charge in [0.2, 0.25) is 5.69 Å². The summed E-state index contributed by atoms with van der Waals surface area (Å²) in [6.07, 6.45) is 2.01. The summed E-state index contributed by atoms with van der Waals surface area (Å²) < 4.78 is 17.4. The largest absolute Gasteiger partial charge is 0.454 e. The molecule has 0 spiro atoms. The molecule has 6 aromatic rings. The molecule has 0 saturated carbocycles. The molecule has 0 amide bonds. The van der Waals surface area contributed by atoms with E-state index in [9.17, 15) is 5.26 Å². The van der Waals surface area contributed by atoms with Crippen LogP contribution in [0, 0.1) is 18.3 Å². The van der Waals surface area contributed by atoms with E-state index in [-0.39, 0.29) is 0 Å². The van der Waals surface area contributed by atoms with E-state index < -0.39 is 5.89 Å². The molecular weight excluding hydrogens is 464 g/mol. The van der Waals surface area contributed by atoms with E-state index in [1.807, 2.05) is 75.6 Å². The number of pyridine rings is 1. The minimum atomic E-state index is -0.725. The van der Waals surface area contributed by atoms with Gasteiger partial charge in [-0.1, -0.05) is 74.5 Å². The van der Waals surface area contributed by atoms with E-state index in [1.165, 1.54) is 0 Å². The molecule has 0 aliphatic heterocycles. The van der Waals surface area contributed by atoms with Gasteiger partial charge in [-0.25, -0.2) is 4.57 Å². The number of nitrogens with zero attached hydrogens (tertiary/aromatic N) is 2. The van der Waals surface area contributed by atoms with Crippen LogP contribution in [-0.2, 0) is 7.05 Å². The molecule has 0 aliphatic rings. The Morgan fingerprint density at radius 1 is 0.789 bits per heavy atom. The third-order valence-electron chi connectivity index (χ3n) is 7.38. The molecule has 0 N–H and O–H groups in total. The third-order valence-corrected chi connectivity index (χ3v) is 7.38. The average molecular weight is 495 g/mol. The number of hydrogen-bond acceptors (Lipinski definition) is 2. The van der Waals surface area contributed by atoms with Gasteiger partial charge < -0.3 is 4.42 Å². The van der Waals surface area contributed by atoms with Gasteiger partial charge in [0.15, 0.2) is 6.20 Å². The quantitative estimate of drug-likeness (QED) is 0.230. The molecule has 2 aromatic heterocycles. The molecule has 3 heteroatoms. The van der Waals surface area contributed by atoms with Crippen molar-refractivity contribution in [3.8, 4) is 39.6 Å². The molecule has 0 atom stereocenters. The minimum Gasteiger partial charge on any atom is -0.454 e. The molecule has 0 saturated heterocycles. The van der Waals surface area contributed by atoms with Crippen LogP contribution in [0.15, 0.2) is 102 Å². The van der Waals surface area contributed by atoms with Crippen LogP contribution < -0.4 is 4.57 Å². The van der Waals surface area contributed by atoms with Crippen LogP contribution in [0.5, 0.6) is 0 Å². The highest BCUT2D eigenvalue weighted by Gasteiger charge is 2.24. The van der Waals surface area contributed by atoms with E-state index >= 15 is 0 Å². The lowest BCUT2D eigenvalue weighted by atomic mass is 9.94. The maximum atomic E-state index is 10.1. The summed E-state index contributed by atoms with van der Waals surface area (Å²) in [4.78, 5) is 0. The Kier molecular flexibility index (Phi) is 5.52. The highest BCUT2D eigenvalue weighted by molar-refractivity contribution is 6.14. The summed E-state index contributed by atoms with van der Waals surface area (Å²) in [5.41, 5.74) is 10.0. The maximum Gasteiger partial charge on any atom is 0.216 e. The lowest BCUT2D eigenvalue weighted by Crippen LogP contribution is -2.31. The van der Waals surface area contributed by atoms with E-state index in [4.69, 9.17) is 5.79 Å². The molecule has 0 bridgehead atoms. The fourth-order valence-corrected chi connectivity index (χ4v) is 5.31. The van der Waals surface area contributed by atoms with Crippen molar-refractivity contribution in [2.45, 2.75) is 26.7 Å². The minimum absolute atomic E-state index is 0.577. The highest BCUT2D eigenvalue weighted by Crippen LogP contribution is 2.42. The first-order valence-electron chi connectivity index (χ1n) is 13.3.